The summed E-state index contributed by atoms with van der Waals surface area (Å²) in [6.07, 6.45) is 4.40. The first kappa shape index (κ1) is 20.9. The van der Waals surface area contributed by atoms with E-state index in [1.54, 1.807) is 0 Å². The number of rotatable bonds is 9. The normalized spacial score (nSPS) is 17.6. The van der Waals surface area contributed by atoms with Crippen LogP contribution in [0.5, 0.6) is 0 Å². The van der Waals surface area contributed by atoms with E-state index in [-0.39, 0.29) is 18.1 Å². The molecular weight excluding hydrogens is 370 g/mol. The van der Waals surface area contributed by atoms with Crippen LogP contribution in [0.1, 0.15) is 43.1 Å². The highest BCUT2D eigenvalue weighted by molar-refractivity contribution is 7.99. The third-order valence-electron chi connectivity index (χ3n) is 5.28. The summed E-state index contributed by atoms with van der Waals surface area (Å²) in [4.78, 5) is 17.1. The Bertz CT molecular complexity index is 770. The predicted molar refractivity (Wildman–Crippen MR) is 114 cm³/mol. The first-order valence-electron chi connectivity index (χ1n) is 10.1. The standard InChI is InChI=1S/C22H31N3O2S/c1-16(11-12-19-8-5-4-6-9-19)23-21(26)15-28-22-24-17(2)18(3)25(22)14-20-10-7-13-27-20/h4-6,8-9,16,20H,7,10-15H2,1-3H3,(H,23,26). The molecule has 1 aliphatic rings. The Morgan fingerprint density at radius 1 is 1.36 bits per heavy atom. The number of carbonyl (C=O) groups is 1. The van der Waals surface area contributed by atoms with Crippen molar-refractivity contribution in [2.24, 2.45) is 0 Å². The van der Waals surface area contributed by atoms with Gasteiger partial charge in [0, 0.05) is 18.3 Å². The smallest absolute Gasteiger partial charge is 0.230 e. The largest absolute Gasteiger partial charge is 0.376 e. The number of imidazole rings is 1. The van der Waals surface area contributed by atoms with Gasteiger partial charge in [0.2, 0.25) is 5.91 Å². The molecule has 2 heterocycles. The fourth-order valence-electron chi connectivity index (χ4n) is 3.49. The van der Waals surface area contributed by atoms with Gasteiger partial charge in [0.05, 0.1) is 24.1 Å². The van der Waals surface area contributed by atoms with E-state index < -0.39 is 0 Å². The van der Waals surface area contributed by atoms with E-state index in [1.807, 2.05) is 13.0 Å². The number of nitrogens with zero attached hydrogens (tertiary/aromatic N) is 2. The number of hydrogen-bond donors (Lipinski definition) is 1. The second kappa shape index (κ2) is 10.1. The molecule has 0 aliphatic carbocycles. The molecule has 0 saturated carbocycles. The molecule has 152 valence electrons. The van der Waals surface area contributed by atoms with Gasteiger partial charge in [0.15, 0.2) is 5.16 Å². The van der Waals surface area contributed by atoms with Crippen LogP contribution < -0.4 is 5.32 Å². The molecule has 6 heteroatoms. The molecule has 1 N–H and O–H groups in total. The molecule has 1 aromatic heterocycles. The quantitative estimate of drug-likeness (QED) is 0.647. The zero-order valence-electron chi connectivity index (χ0n) is 17.1. The van der Waals surface area contributed by atoms with Gasteiger partial charge >= 0.3 is 0 Å². The lowest BCUT2D eigenvalue weighted by molar-refractivity contribution is -0.119. The Hall–Kier alpha value is -1.79. The van der Waals surface area contributed by atoms with E-state index in [4.69, 9.17) is 4.74 Å². The number of benzene rings is 1. The summed E-state index contributed by atoms with van der Waals surface area (Å²) >= 11 is 1.51. The van der Waals surface area contributed by atoms with Gasteiger partial charge in [-0.1, -0.05) is 42.1 Å². The Kier molecular flexibility index (Phi) is 7.57. The molecule has 1 aromatic carbocycles. The van der Waals surface area contributed by atoms with Gasteiger partial charge in [-0.15, -0.1) is 0 Å². The van der Waals surface area contributed by atoms with Crippen LogP contribution in [0, 0.1) is 13.8 Å². The Morgan fingerprint density at radius 3 is 2.86 bits per heavy atom. The number of hydrogen-bond acceptors (Lipinski definition) is 4. The number of nitrogens with one attached hydrogen (secondary N) is 1. The van der Waals surface area contributed by atoms with Crippen LogP contribution in [0.15, 0.2) is 35.5 Å². The zero-order valence-corrected chi connectivity index (χ0v) is 17.9. The molecule has 2 atom stereocenters. The van der Waals surface area contributed by atoms with Crippen molar-refractivity contribution in [3.05, 3.63) is 47.3 Å². The van der Waals surface area contributed by atoms with Crippen LogP contribution in [0.3, 0.4) is 0 Å². The van der Waals surface area contributed by atoms with Gasteiger partial charge in [-0.2, -0.15) is 0 Å². The minimum Gasteiger partial charge on any atom is -0.376 e. The van der Waals surface area contributed by atoms with Gasteiger partial charge in [-0.25, -0.2) is 4.98 Å². The molecule has 1 fully saturated rings. The fraction of sp³-hybridized carbons (Fsp3) is 0.545. The lowest BCUT2D eigenvalue weighted by Crippen LogP contribution is -2.34. The van der Waals surface area contributed by atoms with Crippen molar-refractivity contribution in [3.63, 3.8) is 0 Å². The summed E-state index contributed by atoms with van der Waals surface area (Å²) < 4.78 is 7.99. The van der Waals surface area contributed by atoms with E-state index in [0.717, 1.165) is 55.4 Å². The van der Waals surface area contributed by atoms with Gasteiger partial charge in [-0.3, -0.25) is 4.79 Å². The van der Waals surface area contributed by atoms with Crippen molar-refractivity contribution >= 4 is 17.7 Å². The number of carbonyl (C=O) groups excluding carboxylic acids is 1. The number of ether oxygens (including phenoxy) is 1. The maximum Gasteiger partial charge on any atom is 0.230 e. The Morgan fingerprint density at radius 2 is 2.14 bits per heavy atom. The van der Waals surface area contributed by atoms with Crippen LogP contribution >= 0.6 is 11.8 Å². The van der Waals surface area contributed by atoms with Gasteiger partial charge < -0.3 is 14.6 Å². The molecule has 0 bridgehead atoms. The van der Waals surface area contributed by atoms with Crippen LogP contribution in [-0.2, 0) is 22.5 Å². The zero-order chi connectivity index (χ0) is 19.9. The molecule has 1 aliphatic heterocycles. The summed E-state index contributed by atoms with van der Waals surface area (Å²) in [5.41, 5.74) is 3.49. The van der Waals surface area contributed by atoms with Crippen molar-refractivity contribution in [3.8, 4) is 0 Å². The first-order chi connectivity index (χ1) is 13.5. The molecule has 28 heavy (non-hydrogen) atoms. The minimum atomic E-state index is 0.0625. The first-order valence-corrected chi connectivity index (χ1v) is 11.1. The van der Waals surface area contributed by atoms with Crippen LogP contribution in [0.4, 0.5) is 0 Å². The van der Waals surface area contributed by atoms with Crippen molar-refractivity contribution in [1.82, 2.24) is 14.9 Å². The summed E-state index contributed by atoms with van der Waals surface area (Å²) in [5, 5.41) is 4.03. The Balaban J connectivity index is 1.48. The molecule has 5 nitrogen and oxygen atoms in total. The van der Waals surface area contributed by atoms with Crippen molar-refractivity contribution in [2.45, 2.75) is 70.3 Å². The van der Waals surface area contributed by atoms with Crippen LogP contribution in [-0.4, -0.2) is 40.0 Å². The molecule has 1 amide bonds. The van der Waals surface area contributed by atoms with E-state index >= 15 is 0 Å². The van der Waals surface area contributed by atoms with Crippen molar-refractivity contribution in [2.75, 3.05) is 12.4 Å². The highest BCUT2D eigenvalue weighted by Gasteiger charge is 2.21. The SMILES string of the molecule is Cc1nc(SCC(=O)NC(C)CCc2ccccc2)n(CC2CCCO2)c1C. The molecule has 3 rings (SSSR count). The lowest BCUT2D eigenvalue weighted by atomic mass is 10.1. The Labute approximate surface area is 172 Å². The maximum absolute atomic E-state index is 12.4. The summed E-state index contributed by atoms with van der Waals surface area (Å²) in [5.74, 6) is 0.449. The topological polar surface area (TPSA) is 56.2 Å². The van der Waals surface area contributed by atoms with E-state index in [0.29, 0.717) is 5.75 Å². The molecule has 1 saturated heterocycles. The average Bonchev–Trinajstić information content (AvgIpc) is 3.29. The van der Waals surface area contributed by atoms with Crippen LogP contribution in [0.25, 0.3) is 0 Å². The predicted octanol–water partition coefficient (Wildman–Crippen LogP) is 3.91. The molecule has 2 unspecified atom stereocenters. The number of thioether (sulfide) groups is 1. The summed E-state index contributed by atoms with van der Waals surface area (Å²) in [6, 6.07) is 10.5. The fourth-order valence-corrected chi connectivity index (χ4v) is 4.40. The third-order valence-corrected chi connectivity index (χ3v) is 6.26. The third kappa shape index (κ3) is 5.85. The van der Waals surface area contributed by atoms with Gasteiger partial charge in [0.25, 0.3) is 0 Å². The maximum atomic E-state index is 12.4. The van der Waals surface area contributed by atoms with Crippen LogP contribution in [0.2, 0.25) is 0 Å². The minimum absolute atomic E-state index is 0.0625. The highest BCUT2D eigenvalue weighted by atomic mass is 32.2. The van der Waals surface area contributed by atoms with E-state index in [2.05, 4.69) is 53.0 Å². The molecule has 0 radical (unpaired) electrons. The van der Waals surface area contributed by atoms with E-state index in [9.17, 15) is 4.79 Å². The molecule has 0 spiro atoms. The molecular formula is C22H31N3O2S. The highest BCUT2D eigenvalue weighted by Crippen LogP contribution is 2.24. The monoisotopic (exact) mass is 401 g/mol. The summed E-state index contributed by atoms with van der Waals surface area (Å²) in [7, 11) is 0. The van der Waals surface area contributed by atoms with Gasteiger partial charge in [-0.05, 0) is 52.0 Å². The molecule has 2 aromatic rings. The number of aryl methyl sites for hydroxylation is 2. The average molecular weight is 402 g/mol. The summed E-state index contributed by atoms with van der Waals surface area (Å²) in [6.45, 7) is 7.86. The van der Waals surface area contributed by atoms with E-state index in [1.165, 1.54) is 17.3 Å². The van der Waals surface area contributed by atoms with Crippen molar-refractivity contribution in [1.29, 1.82) is 0 Å². The second-order valence-electron chi connectivity index (χ2n) is 7.59. The lowest BCUT2D eigenvalue weighted by Gasteiger charge is -2.16. The number of aromatic nitrogens is 2. The number of amides is 1. The second-order valence-corrected chi connectivity index (χ2v) is 8.53. The van der Waals surface area contributed by atoms with Crippen molar-refractivity contribution < 1.29 is 9.53 Å². The van der Waals surface area contributed by atoms with Gasteiger partial charge in [0.1, 0.15) is 0 Å².